The van der Waals surface area contributed by atoms with Crippen LogP contribution >= 0.6 is 7.82 Å². The summed E-state index contributed by atoms with van der Waals surface area (Å²) < 4.78 is 32.7. The number of nitrogens with two attached hydrogens (primary N) is 1. The summed E-state index contributed by atoms with van der Waals surface area (Å²) in [6.45, 7) is 2.80. The van der Waals surface area contributed by atoms with Gasteiger partial charge in [-0.15, -0.1) is 0 Å². The largest absolute Gasteiger partial charge is 0.480 e. The molecule has 0 heterocycles. The molecule has 0 spiro atoms. The Morgan fingerprint density at radius 2 is 0.877 bits per heavy atom. The lowest BCUT2D eigenvalue weighted by molar-refractivity contribution is -0.161. The van der Waals surface area contributed by atoms with Gasteiger partial charge in [-0.05, 0) is 64.2 Å². The molecule has 334 valence electrons. The second-order valence-electron chi connectivity index (χ2n) is 15.5. The number of carboxylic acid groups (broad SMARTS) is 1. The van der Waals surface area contributed by atoms with Gasteiger partial charge in [-0.25, -0.2) is 4.57 Å². The Labute approximate surface area is 347 Å². The van der Waals surface area contributed by atoms with E-state index in [0.717, 1.165) is 57.8 Å². The number of phosphoric ester groups is 1. The zero-order valence-corrected chi connectivity index (χ0v) is 37.1. The highest BCUT2D eigenvalue weighted by Gasteiger charge is 2.28. The van der Waals surface area contributed by atoms with E-state index in [2.05, 4.69) is 42.7 Å². The highest BCUT2D eigenvalue weighted by atomic mass is 31.2. The molecule has 0 bridgehead atoms. The highest BCUT2D eigenvalue weighted by molar-refractivity contribution is 7.47. The molecule has 0 saturated heterocycles. The second-order valence-corrected chi connectivity index (χ2v) is 17.0. The minimum absolute atomic E-state index is 0.159. The minimum atomic E-state index is -4.72. The number of aliphatic carboxylic acids is 1. The van der Waals surface area contributed by atoms with Crippen molar-refractivity contribution in [2.24, 2.45) is 5.73 Å². The molecular weight excluding hydrogens is 745 g/mol. The van der Waals surface area contributed by atoms with E-state index < -0.39 is 51.1 Å². The van der Waals surface area contributed by atoms with Gasteiger partial charge in [0, 0.05) is 12.8 Å². The van der Waals surface area contributed by atoms with E-state index in [1.54, 1.807) is 0 Å². The molecule has 11 nitrogen and oxygen atoms in total. The maximum absolute atomic E-state index is 12.6. The fourth-order valence-electron chi connectivity index (χ4n) is 6.29. The number of phosphoric acid groups is 1. The van der Waals surface area contributed by atoms with Crippen LogP contribution in [0, 0.1) is 0 Å². The van der Waals surface area contributed by atoms with Crippen LogP contribution in [0.4, 0.5) is 0 Å². The van der Waals surface area contributed by atoms with Crippen molar-refractivity contribution in [2.75, 3.05) is 19.8 Å². The van der Waals surface area contributed by atoms with Crippen LogP contribution in [-0.2, 0) is 37.5 Å². The maximum Gasteiger partial charge on any atom is 0.472 e. The summed E-state index contributed by atoms with van der Waals surface area (Å²) in [5.41, 5.74) is 5.34. The lowest BCUT2D eigenvalue weighted by Crippen LogP contribution is -2.34. The molecule has 0 aliphatic rings. The Morgan fingerprint density at radius 3 is 1.28 bits per heavy atom. The van der Waals surface area contributed by atoms with Crippen LogP contribution in [0.5, 0.6) is 0 Å². The summed E-state index contributed by atoms with van der Waals surface area (Å²) >= 11 is 0. The number of hydrogen-bond acceptors (Lipinski definition) is 9. The number of ether oxygens (including phenoxy) is 2. The Kier molecular flexibility index (Phi) is 39.3. The zero-order chi connectivity index (χ0) is 42.1. The molecule has 3 atom stereocenters. The molecule has 0 aromatic rings. The molecule has 0 aromatic heterocycles. The summed E-state index contributed by atoms with van der Waals surface area (Å²) in [4.78, 5) is 46.0. The van der Waals surface area contributed by atoms with Crippen molar-refractivity contribution in [3.8, 4) is 0 Å². The average molecular weight is 830 g/mol. The topological polar surface area (TPSA) is 172 Å². The van der Waals surface area contributed by atoms with Crippen molar-refractivity contribution >= 4 is 25.7 Å². The predicted octanol–water partition coefficient (Wildman–Crippen LogP) is 12.2. The minimum Gasteiger partial charge on any atom is -0.480 e. The van der Waals surface area contributed by atoms with Gasteiger partial charge >= 0.3 is 25.7 Å². The number of carbonyl (C=O) groups excluding carboxylic acids is 2. The fraction of sp³-hybridized carbons (Fsp3) is 0.844. The van der Waals surface area contributed by atoms with Crippen molar-refractivity contribution in [3.05, 3.63) is 24.3 Å². The van der Waals surface area contributed by atoms with Gasteiger partial charge in [0.1, 0.15) is 12.6 Å². The molecule has 0 saturated carbocycles. The highest BCUT2D eigenvalue weighted by Crippen LogP contribution is 2.43. The first-order valence-electron chi connectivity index (χ1n) is 22.9. The van der Waals surface area contributed by atoms with E-state index in [1.807, 2.05) is 0 Å². The molecule has 1 unspecified atom stereocenters. The number of esters is 2. The van der Waals surface area contributed by atoms with Gasteiger partial charge in [-0.3, -0.25) is 23.4 Å². The fourth-order valence-corrected chi connectivity index (χ4v) is 7.07. The summed E-state index contributed by atoms with van der Waals surface area (Å²) in [5.74, 6) is -2.38. The van der Waals surface area contributed by atoms with Gasteiger partial charge in [0.15, 0.2) is 6.10 Å². The first-order chi connectivity index (χ1) is 27.6. The van der Waals surface area contributed by atoms with E-state index in [4.69, 9.17) is 24.8 Å². The molecule has 0 rings (SSSR count). The van der Waals surface area contributed by atoms with Crippen LogP contribution in [0.25, 0.3) is 0 Å². The van der Waals surface area contributed by atoms with Crippen LogP contribution in [0.2, 0.25) is 0 Å². The van der Waals surface area contributed by atoms with Crippen molar-refractivity contribution in [2.45, 2.75) is 225 Å². The average Bonchev–Trinajstić information content (AvgIpc) is 3.19. The molecule has 4 N–H and O–H groups in total. The summed E-state index contributed by atoms with van der Waals surface area (Å²) in [6, 6.07) is -1.52. The Balaban J connectivity index is 4.33. The number of unbranched alkanes of at least 4 members (excludes halogenated alkanes) is 25. The van der Waals surface area contributed by atoms with Crippen LogP contribution < -0.4 is 5.73 Å². The molecule has 0 radical (unpaired) electrons. The molecule has 57 heavy (non-hydrogen) atoms. The SMILES string of the molecule is CCCCCCC/C=C\CCCCCCCCCCCC(=O)O[C@H](COC(=O)CCCCCCC/C=C\CCCCCCCC)COP(=O)(O)OC[C@H](N)C(=O)O. The zero-order valence-electron chi connectivity index (χ0n) is 36.2. The molecule has 12 heteroatoms. The standard InChI is InChI=1S/C45H84NO10P/c1-3-5-7-9-11-13-15-17-19-20-21-23-25-27-29-31-33-35-37-44(48)56-41(39-54-57(51,52)55-40-42(46)45(49)50)38-53-43(47)36-34-32-30-28-26-24-22-18-16-14-12-10-8-6-4-2/h15,17-18,22,41-42H,3-14,16,19-21,23-40,46H2,1-2H3,(H,49,50)(H,51,52)/b17-15-,22-18-/t41-,42+/m1/s1. The smallest absolute Gasteiger partial charge is 0.472 e. The number of carboxylic acids is 1. The molecule has 0 aromatic carbocycles. The molecular formula is C45H84NO10P. The predicted molar refractivity (Wildman–Crippen MR) is 231 cm³/mol. The Bertz CT molecular complexity index is 1070. The Morgan fingerprint density at radius 1 is 0.526 bits per heavy atom. The lowest BCUT2D eigenvalue weighted by atomic mass is 10.1. The van der Waals surface area contributed by atoms with Crippen molar-refractivity contribution in [1.29, 1.82) is 0 Å². The molecule has 0 aliphatic carbocycles. The Hall–Kier alpha value is -2.04. The van der Waals surface area contributed by atoms with Gasteiger partial charge in [0.2, 0.25) is 0 Å². The number of rotatable bonds is 43. The third-order valence-electron chi connectivity index (χ3n) is 9.92. The normalized spacial score (nSPS) is 13.9. The van der Waals surface area contributed by atoms with Crippen molar-refractivity contribution in [3.63, 3.8) is 0 Å². The number of allylic oxidation sites excluding steroid dienone is 4. The second kappa shape index (κ2) is 40.7. The van der Waals surface area contributed by atoms with E-state index >= 15 is 0 Å². The molecule has 0 amide bonds. The molecule has 0 aliphatic heterocycles. The maximum atomic E-state index is 12.6. The number of carbonyl (C=O) groups is 3. The van der Waals surface area contributed by atoms with Crippen molar-refractivity contribution < 1.29 is 47.5 Å². The third kappa shape index (κ3) is 40.5. The lowest BCUT2D eigenvalue weighted by Gasteiger charge is -2.20. The van der Waals surface area contributed by atoms with Crippen LogP contribution in [0.15, 0.2) is 24.3 Å². The monoisotopic (exact) mass is 830 g/mol. The van der Waals surface area contributed by atoms with Gasteiger partial charge in [-0.2, -0.15) is 0 Å². The van der Waals surface area contributed by atoms with E-state index in [1.165, 1.54) is 116 Å². The van der Waals surface area contributed by atoms with E-state index in [0.29, 0.717) is 12.8 Å². The van der Waals surface area contributed by atoms with Gasteiger partial charge in [0.25, 0.3) is 0 Å². The summed E-state index contributed by atoms with van der Waals surface area (Å²) in [7, 11) is -4.72. The van der Waals surface area contributed by atoms with Crippen molar-refractivity contribution in [1.82, 2.24) is 0 Å². The first kappa shape index (κ1) is 55.0. The van der Waals surface area contributed by atoms with Gasteiger partial charge in [0.05, 0.1) is 13.2 Å². The first-order valence-corrected chi connectivity index (χ1v) is 24.4. The quantitative estimate of drug-likeness (QED) is 0.0231. The van der Waals surface area contributed by atoms with Crippen LogP contribution in [-0.4, -0.2) is 59.9 Å². The van der Waals surface area contributed by atoms with E-state index in [9.17, 15) is 23.8 Å². The van der Waals surface area contributed by atoms with Gasteiger partial charge < -0.3 is 25.2 Å². The summed E-state index contributed by atoms with van der Waals surface area (Å²) in [5, 5.41) is 8.89. The third-order valence-corrected chi connectivity index (χ3v) is 10.9. The number of hydrogen-bond donors (Lipinski definition) is 3. The van der Waals surface area contributed by atoms with Crippen LogP contribution in [0.3, 0.4) is 0 Å². The van der Waals surface area contributed by atoms with E-state index in [-0.39, 0.29) is 19.4 Å². The van der Waals surface area contributed by atoms with Gasteiger partial charge in [-0.1, -0.05) is 160 Å². The van der Waals surface area contributed by atoms with Crippen LogP contribution in [0.1, 0.15) is 213 Å². The molecule has 0 fully saturated rings. The summed E-state index contributed by atoms with van der Waals surface area (Å²) in [6.07, 6.45) is 42.3.